The molecule has 1 fully saturated rings. The van der Waals surface area contributed by atoms with Gasteiger partial charge in [-0.1, -0.05) is 6.07 Å². The number of hydrogen-bond acceptors (Lipinski definition) is 5. The van der Waals surface area contributed by atoms with Gasteiger partial charge in [-0.3, -0.25) is 19.3 Å². The maximum absolute atomic E-state index is 12.5. The van der Waals surface area contributed by atoms with Gasteiger partial charge < -0.3 is 5.32 Å². The van der Waals surface area contributed by atoms with E-state index in [9.17, 15) is 22.8 Å². The van der Waals surface area contributed by atoms with Crippen molar-refractivity contribution in [1.29, 1.82) is 0 Å². The predicted octanol–water partition coefficient (Wildman–Crippen LogP) is 2.28. The van der Waals surface area contributed by atoms with Gasteiger partial charge in [-0.2, -0.15) is 0 Å². The number of rotatable bonds is 6. The highest BCUT2D eigenvalue weighted by molar-refractivity contribution is 7.89. The third kappa shape index (κ3) is 4.69. The predicted molar refractivity (Wildman–Crippen MR) is 108 cm³/mol. The third-order valence-corrected chi connectivity index (χ3v) is 5.91. The Morgan fingerprint density at radius 1 is 1.00 bits per heavy atom. The fourth-order valence-corrected chi connectivity index (χ4v) is 4.20. The van der Waals surface area contributed by atoms with Crippen LogP contribution in [0, 0.1) is 0 Å². The Kier molecular flexibility index (Phi) is 5.81. The molecule has 29 heavy (non-hydrogen) atoms. The summed E-state index contributed by atoms with van der Waals surface area (Å²) in [7, 11) is -3.61. The van der Waals surface area contributed by atoms with Crippen molar-refractivity contribution in [3.05, 3.63) is 54.1 Å². The second kappa shape index (κ2) is 8.14. The van der Waals surface area contributed by atoms with Crippen molar-refractivity contribution in [2.75, 3.05) is 10.2 Å². The lowest BCUT2D eigenvalue weighted by atomic mass is 10.1. The summed E-state index contributed by atoms with van der Waals surface area (Å²) in [5.74, 6) is -1.03. The molecule has 1 heterocycles. The molecule has 0 radical (unpaired) electrons. The lowest BCUT2D eigenvalue weighted by Crippen LogP contribution is -2.30. The van der Waals surface area contributed by atoms with Gasteiger partial charge in [0.1, 0.15) is 0 Å². The maximum atomic E-state index is 12.5. The number of benzene rings is 2. The van der Waals surface area contributed by atoms with Gasteiger partial charge in [0, 0.05) is 30.1 Å². The summed E-state index contributed by atoms with van der Waals surface area (Å²) in [4.78, 5) is 37.5. The van der Waals surface area contributed by atoms with E-state index < -0.39 is 15.9 Å². The molecule has 0 bridgehead atoms. The van der Waals surface area contributed by atoms with Crippen molar-refractivity contribution in [3.63, 3.8) is 0 Å². The molecule has 1 saturated heterocycles. The van der Waals surface area contributed by atoms with Crippen LogP contribution >= 0.6 is 0 Å². The second-order valence-corrected chi connectivity index (χ2v) is 8.64. The summed E-state index contributed by atoms with van der Waals surface area (Å²) < 4.78 is 26.8. The zero-order valence-corrected chi connectivity index (χ0v) is 16.8. The Hall–Kier alpha value is -3.04. The molecule has 0 unspecified atom stereocenters. The molecule has 0 aromatic heterocycles. The Morgan fingerprint density at radius 2 is 1.62 bits per heavy atom. The smallest absolute Gasteiger partial charge is 0.255 e. The highest BCUT2D eigenvalue weighted by atomic mass is 32.2. The number of nitrogens with one attached hydrogen (secondary N) is 2. The minimum Gasteiger partial charge on any atom is -0.322 e. The maximum Gasteiger partial charge on any atom is 0.255 e. The Bertz CT molecular complexity index is 1050. The molecule has 0 atom stereocenters. The number of amides is 3. The van der Waals surface area contributed by atoms with Crippen LogP contribution in [0.1, 0.15) is 37.0 Å². The quantitative estimate of drug-likeness (QED) is 0.703. The van der Waals surface area contributed by atoms with Crippen LogP contribution in [0.2, 0.25) is 0 Å². The second-order valence-electron chi connectivity index (χ2n) is 6.93. The van der Waals surface area contributed by atoms with Gasteiger partial charge in [0.15, 0.2) is 0 Å². The third-order valence-electron chi connectivity index (χ3n) is 4.23. The van der Waals surface area contributed by atoms with E-state index in [0.29, 0.717) is 11.4 Å². The molecule has 0 aliphatic carbocycles. The standard InChI is InChI=1S/C20H21N3O5S/c1-13(2)22-29(27,28)17-8-6-15(7-9-17)21-20(26)14-4-3-5-16(12-14)23-18(24)10-11-19(23)25/h3-9,12-13,22H,10-11H2,1-2H3,(H,21,26). The summed E-state index contributed by atoms with van der Waals surface area (Å²) >= 11 is 0. The van der Waals surface area contributed by atoms with Crippen molar-refractivity contribution in [3.8, 4) is 0 Å². The summed E-state index contributed by atoms with van der Waals surface area (Å²) in [6.45, 7) is 3.45. The van der Waals surface area contributed by atoms with E-state index in [1.54, 1.807) is 32.0 Å². The summed E-state index contributed by atoms with van der Waals surface area (Å²) in [5, 5.41) is 2.68. The number of hydrogen-bond donors (Lipinski definition) is 2. The van der Waals surface area contributed by atoms with Crippen molar-refractivity contribution in [1.82, 2.24) is 4.72 Å². The number of sulfonamides is 1. The van der Waals surface area contributed by atoms with Gasteiger partial charge in [-0.25, -0.2) is 13.1 Å². The first-order valence-electron chi connectivity index (χ1n) is 9.07. The molecule has 9 heteroatoms. The van der Waals surface area contributed by atoms with Gasteiger partial charge in [-0.05, 0) is 56.3 Å². The van der Waals surface area contributed by atoms with E-state index in [-0.39, 0.29) is 41.2 Å². The molecular formula is C20H21N3O5S. The zero-order valence-electron chi connectivity index (χ0n) is 16.0. The van der Waals surface area contributed by atoms with Crippen LogP contribution in [0.3, 0.4) is 0 Å². The lowest BCUT2D eigenvalue weighted by Gasteiger charge is -2.15. The molecule has 8 nitrogen and oxygen atoms in total. The van der Waals surface area contributed by atoms with Crippen molar-refractivity contribution < 1.29 is 22.8 Å². The van der Waals surface area contributed by atoms with Crippen molar-refractivity contribution in [2.45, 2.75) is 37.6 Å². The highest BCUT2D eigenvalue weighted by Crippen LogP contribution is 2.24. The average Bonchev–Trinajstić information content (AvgIpc) is 2.99. The highest BCUT2D eigenvalue weighted by Gasteiger charge is 2.30. The lowest BCUT2D eigenvalue weighted by molar-refractivity contribution is -0.121. The van der Waals surface area contributed by atoms with E-state index in [0.717, 1.165) is 4.90 Å². The molecule has 0 spiro atoms. The minimum absolute atomic E-state index is 0.0947. The molecule has 3 amide bonds. The van der Waals surface area contributed by atoms with Gasteiger partial charge in [0.05, 0.1) is 10.6 Å². The first kappa shape index (κ1) is 20.7. The molecule has 1 aliphatic heterocycles. The van der Waals surface area contributed by atoms with E-state index in [1.165, 1.54) is 30.3 Å². The molecule has 1 aliphatic rings. The fourth-order valence-electron chi connectivity index (χ4n) is 2.95. The Morgan fingerprint density at radius 3 is 2.21 bits per heavy atom. The van der Waals surface area contributed by atoms with Crippen LogP contribution < -0.4 is 14.9 Å². The Balaban J connectivity index is 1.75. The minimum atomic E-state index is -3.61. The first-order valence-corrected chi connectivity index (χ1v) is 10.6. The van der Waals surface area contributed by atoms with E-state index in [2.05, 4.69) is 10.0 Å². The number of carbonyl (C=O) groups is 3. The Labute approximate surface area is 169 Å². The summed E-state index contributed by atoms with van der Waals surface area (Å²) in [6.07, 6.45) is 0.326. The number of imide groups is 1. The molecular weight excluding hydrogens is 394 g/mol. The van der Waals surface area contributed by atoms with Gasteiger partial charge in [-0.15, -0.1) is 0 Å². The average molecular weight is 415 g/mol. The number of anilines is 2. The fraction of sp³-hybridized carbons (Fsp3) is 0.250. The van der Waals surface area contributed by atoms with E-state index in [1.807, 2.05) is 0 Å². The zero-order chi connectivity index (χ0) is 21.2. The molecule has 2 aromatic rings. The molecule has 152 valence electrons. The molecule has 2 aromatic carbocycles. The van der Waals surface area contributed by atoms with Gasteiger partial charge in [0.2, 0.25) is 21.8 Å². The van der Waals surface area contributed by atoms with Crippen LogP contribution in [0.25, 0.3) is 0 Å². The molecule has 0 saturated carbocycles. The van der Waals surface area contributed by atoms with Crippen LogP contribution in [-0.2, 0) is 19.6 Å². The van der Waals surface area contributed by atoms with Crippen molar-refractivity contribution in [2.24, 2.45) is 0 Å². The van der Waals surface area contributed by atoms with E-state index >= 15 is 0 Å². The van der Waals surface area contributed by atoms with Gasteiger partial charge in [0.25, 0.3) is 5.91 Å². The summed E-state index contributed by atoms with van der Waals surface area (Å²) in [5.41, 5.74) is 1.04. The van der Waals surface area contributed by atoms with E-state index in [4.69, 9.17) is 0 Å². The molecule has 3 rings (SSSR count). The van der Waals surface area contributed by atoms with Gasteiger partial charge >= 0.3 is 0 Å². The molecule has 2 N–H and O–H groups in total. The monoisotopic (exact) mass is 415 g/mol. The van der Waals surface area contributed by atoms with Crippen LogP contribution in [0.5, 0.6) is 0 Å². The first-order chi connectivity index (χ1) is 13.7. The normalized spacial score (nSPS) is 14.5. The van der Waals surface area contributed by atoms with Crippen molar-refractivity contribution >= 4 is 39.1 Å². The SMILES string of the molecule is CC(C)NS(=O)(=O)c1ccc(NC(=O)c2cccc(N3C(=O)CCC3=O)c2)cc1. The van der Waals surface area contributed by atoms with Crippen LogP contribution in [-0.4, -0.2) is 32.2 Å². The van der Waals surface area contributed by atoms with Crippen LogP contribution in [0.4, 0.5) is 11.4 Å². The summed E-state index contributed by atoms with van der Waals surface area (Å²) in [6, 6.07) is 11.8. The largest absolute Gasteiger partial charge is 0.322 e. The number of carbonyl (C=O) groups excluding carboxylic acids is 3. The van der Waals surface area contributed by atoms with Crippen LogP contribution in [0.15, 0.2) is 53.4 Å². The number of nitrogens with zero attached hydrogens (tertiary/aromatic N) is 1. The topological polar surface area (TPSA) is 113 Å².